The number of aromatic hydroxyl groups is 1. The minimum Gasteiger partial charge on any atom is -0.504 e. The van der Waals surface area contributed by atoms with E-state index in [0.29, 0.717) is 0 Å². The van der Waals surface area contributed by atoms with E-state index in [2.05, 4.69) is 15.9 Å². The molecule has 1 aromatic rings. The summed E-state index contributed by atoms with van der Waals surface area (Å²) in [6.45, 7) is 1.28. The zero-order valence-electron chi connectivity index (χ0n) is 6.37. The van der Waals surface area contributed by atoms with Crippen LogP contribution in [0.4, 0.5) is 0 Å². The molecule has 0 atom stereocenters. The van der Waals surface area contributed by atoms with Gasteiger partial charge in [0.2, 0.25) is 0 Å². The summed E-state index contributed by atoms with van der Waals surface area (Å²) in [4.78, 5) is 10.5. The summed E-state index contributed by atoms with van der Waals surface area (Å²) in [6, 6.07) is 4.65. The highest BCUT2D eigenvalue weighted by Crippen LogP contribution is 2.28. The Balaban J connectivity index is 2.93. The van der Waals surface area contributed by atoms with Crippen molar-refractivity contribution in [2.45, 2.75) is 6.92 Å². The van der Waals surface area contributed by atoms with Gasteiger partial charge in [0.15, 0.2) is 11.5 Å². The number of phenols is 1. The molecule has 0 heterocycles. The van der Waals surface area contributed by atoms with Crippen LogP contribution in [0.25, 0.3) is 0 Å². The van der Waals surface area contributed by atoms with E-state index in [1.807, 2.05) is 0 Å². The molecule has 0 spiro atoms. The van der Waals surface area contributed by atoms with Gasteiger partial charge in [-0.1, -0.05) is 15.9 Å². The molecule has 0 radical (unpaired) electrons. The van der Waals surface area contributed by atoms with E-state index in [1.165, 1.54) is 19.1 Å². The predicted molar refractivity (Wildman–Crippen MR) is 47.1 cm³/mol. The molecule has 0 aliphatic heterocycles. The SMILES string of the molecule is CC(=O)Oc1ccc(Br)cc1O. The summed E-state index contributed by atoms with van der Waals surface area (Å²) in [5.41, 5.74) is 0. The number of halogens is 1. The predicted octanol–water partition coefficient (Wildman–Crippen LogP) is 2.08. The van der Waals surface area contributed by atoms with Crippen molar-refractivity contribution in [2.75, 3.05) is 0 Å². The molecule has 64 valence electrons. The van der Waals surface area contributed by atoms with Crippen LogP contribution in [0.15, 0.2) is 22.7 Å². The minimum atomic E-state index is -0.451. The van der Waals surface area contributed by atoms with Gasteiger partial charge in [-0.3, -0.25) is 4.79 Å². The minimum absolute atomic E-state index is 0.0559. The van der Waals surface area contributed by atoms with Gasteiger partial charge >= 0.3 is 5.97 Å². The number of rotatable bonds is 1. The highest BCUT2D eigenvalue weighted by atomic mass is 79.9. The second-order valence-corrected chi connectivity index (χ2v) is 3.12. The Hall–Kier alpha value is -1.03. The molecule has 1 N–H and O–H groups in total. The first-order valence-corrected chi connectivity index (χ1v) is 4.06. The topological polar surface area (TPSA) is 46.5 Å². The molecule has 1 aromatic carbocycles. The van der Waals surface area contributed by atoms with Crippen LogP contribution < -0.4 is 4.74 Å². The molecule has 0 saturated carbocycles. The van der Waals surface area contributed by atoms with Gasteiger partial charge in [-0.2, -0.15) is 0 Å². The van der Waals surface area contributed by atoms with E-state index in [9.17, 15) is 9.90 Å². The molecule has 0 saturated heterocycles. The first-order valence-electron chi connectivity index (χ1n) is 3.26. The number of esters is 1. The van der Waals surface area contributed by atoms with Crippen molar-refractivity contribution >= 4 is 21.9 Å². The number of ether oxygens (including phenoxy) is 1. The Kier molecular flexibility index (Phi) is 2.70. The largest absolute Gasteiger partial charge is 0.504 e. The first-order chi connectivity index (χ1) is 5.59. The third kappa shape index (κ3) is 2.23. The van der Waals surface area contributed by atoms with Crippen LogP contribution >= 0.6 is 15.9 Å². The fourth-order valence-corrected chi connectivity index (χ4v) is 1.08. The standard InChI is InChI=1S/C8H7BrO3/c1-5(10)12-8-3-2-6(9)4-7(8)11/h2-4,11H,1H3. The molecule has 0 bridgehead atoms. The highest BCUT2D eigenvalue weighted by Gasteiger charge is 2.04. The Morgan fingerprint density at radius 2 is 2.25 bits per heavy atom. The molecule has 12 heavy (non-hydrogen) atoms. The van der Waals surface area contributed by atoms with Crippen molar-refractivity contribution in [1.29, 1.82) is 0 Å². The maximum atomic E-state index is 10.5. The molecular formula is C8H7BrO3. The number of hydrogen-bond acceptors (Lipinski definition) is 3. The van der Waals surface area contributed by atoms with Crippen molar-refractivity contribution in [3.8, 4) is 11.5 Å². The fraction of sp³-hybridized carbons (Fsp3) is 0.125. The van der Waals surface area contributed by atoms with E-state index in [1.54, 1.807) is 6.07 Å². The maximum absolute atomic E-state index is 10.5. The third-order valence-electron chi connectivity index (χ3n) is 1.17. The average Bonchev–Trinajstić information content (AvgIpc) is 1.94. The maximum Gasteiger partial charge on any atom is 0.308 e. The Morgan fingerprint density at radius 1 is 1.58 bits per heavy atom. The fourth-order valence-electron chi connectivity index (χ4n) is 0.732. The quantitative estimate of drug-likeness (QED) is 0.594. The first kappa shape index (κ1) is 9.06. The van der Waals surface area contributed by atoms with Crippen molar-refractivity contribution in [3.63, 3.8) is 0 Å². The van der Waals surface area contributed by atoms with Crippen LogP contribution in [0.2, 0.25) is 0 Å². The van der Waals surface area contributed by atoms with E-state index < -0.39 is 5.97 Å². The Labute approximate surface area is 78.1 Å². The number of carbonyl (C=O) groups is 1. The van der Waals surface area contributed by atoms with Gasteiger partial charge < -0.3 is 9.84 Å². The second-order valence-electron chi connectivity index (χ2n) is 2.21. The lowest BCUT2D eigenvalue weighted by Gasteiger charge is -2.03. The van der Waals surface area contributed by atoms with Crippen LogP contribution in [0.3, 0.4) is 0 Å². The summed E-state index contributed by atoms with van der Waals surface area (Å²) in [6.07, 6.45) is 0. The summed E-state index contributed by atoms with van der Waals surface area (Å²) in [7, 11) is 0. The zero-order chi connectivity index (χ0) is 9.14. The van der Waals surface area contributed by atoms with Crippen LogP contribution in [0.5, 0.6) is 11.5 Å². The summed E-state index contributed by atoms with van der Waals surface area (Å²) in [5.74, 6) is -0.335. The van der Waals surface area contributed by atoms with Crippen LogP contribution in [0.1, 0.15) is 6.92 Å². The van der Waals surface area contributed by atoms with Gasteiger partial charge in [-0.15, -0.1) is 0 Å². The van der Waals surface area contributed by atoms with E-state index in [-0.39, 0.29) is 11.5 Å². The summed E-state index contributed by atoms with van der Waals surface area (Å²) in [5, 5.41) is 9.23. The van der Waals surface area contributed by atoms with Gasteiger partial charge in [0, 0.05) is 11.4 Å². The molecule has 4 heteroatoms. The molecule has 0 amide bonds. The van der Waals surface area contributed by atoms with Gasteiger partial charge in [0.1, 0.15) is 0 Å². The molecule has 0 aliphatic rings. The van der Waals surface area contributed by atoms with E-state index in [4.69, 9.17) is 4.74 Å². The normalized spacial score (nSPS) is 9.50. The van der Waals surface area contributed by atoms with Crippen LogP contribution in [0, 0.1) is 0 Å². The zero-order valence-corrected chi connectivity index (χ0v) is 7.96. The monoisotopic (exact) mass is 230 g/mol. The number of phenolic OH excluding ortho intramolecular Hbond substituents is 1. The molecular weight excluding hydrogens is 224 g/mol. The highest BCUT2D eigenvalue weighted by molar-refractivity contribution is 9.10. The average molecular weight is 231 g/mol. The molecule has 0 aromatic heterocycles. The molecule has 0 aliphatic carbocycles. The van der Waals surface area contributed by atoms with Crippen molar-refractivity contribution < 1.29 is 14.6 Å². The molecule has 1 rings (SSSR count). The number of carbonyl (C=O) groups excluding carboxylic acids is 1. The van der Waals surface area contributed by atoms with Gasteiger partial charge in [-0.25, -0.2) is 0 Å². The number of hydrogen-bond donors (Lipinski definition) is 1. The van der Waals surface area contributed by atoms with Crippen LogP contribution in [-0.4, -0.2) is 11.1 Å². The summed E-state index contributed by atoms with van der Waals surface area (Å²) >= 11 is 3.16. The lowest BCUT2D eigenvalue weighted by Crippen LogP contribution is -2.01. The smallest absolute Gasteiger partial charge is 0.308 e. The van der Waals surface area contributed by atoms with Crippen molar-refractivity contribution in [1.82, 2.24) is 0 Å². The number of benzene rings is 1. The summed E-state index contributed by atoms with van der Waals surface area (Å²) < 4.78 is 5.42. The Bertz CT molecular complexity index is 309. The van der Waals surface area contributed by atoms with Crippen molar-refractivity contribution in [2.24, 2.45) is 0 Å². The van der Waals surface area contributed by atoms with E-state index >= 15 is 0 Å². The molecule has 0 unspecified atom stereocenters. The second kappa shape index (κ2) is 3.58. The Morgan fingerprint density at radius 3 is 2.75 bits per heavy atom. The van der Waals surface area contributed by atoms with Gasteiger partial charge in [0.05, 0.1) is 0 Å². The third-order valence-corrected chi connectivity index (χ3v) is 1.67. The van der Waals surface area contributed by atoms with Crippen molar-refractivity contribution in [3.05, 3.63) is 22.7 Å². The molecule has 0 fully saturated rings. The lowest BCUT2D eigenvalue weighted by atomic mass is 10.3. The van der Waals surface area contributed by atoms with E-state index in [0.717, 1.165) is 4.47 Å². The lowest BCUT2D eigenvalue weighted by molar-refractivity contribution is -0.132. The van der Waals surface area contributed by atoms with Crippen LogP contribution in [-0.2, 0) is 4.79 Å². The van der Waals surface area contributed by atoms with Gasteiger partial charge in [-0.05, 0) is 18.2 Å². The molecule has 3 nitrogen and oxygen atoms in total. The van der Waals surface area contributed by atoms with Gasteiger partial charge in [0.25, 0.3) is 0 Å².